The van der Waals surface area contributed by atoms with Gasteiger partial charge in [0.25, 0.3) is 11.5 Å². The number of halogens is 1. The molecule has 0 aliphatic carbocycles. The summed E-state index contributed by atoms with van der Waals surface area (Å²) in [5.41, 5.74) is 0.883. The van der Waals surface area contributed by atoms with Crippen LogP contribution >= 0.6 is 11.6 Å². The highest BCUT2D eigenvalue weighted by Crippen LogP contribution is 2.16. The molecule has 116 valence electrons. The van der Waals surface area contributed by atoms with E-state index in [1.54, 1.807) is 48.3 Å². The molecule has 1 aromatic heterocycles. The van der Waals surface area contributed by atoms with Crippen LogP contribution in [-0.4, -0.2) is 28.1 Å². The summed E-state index contributed by atoms with van der Waals surface area (Å²) in [6.07, 6.45) is 0. The van der Waals surface area contributed by atoms with Crippen molar-refractivity contribution in [1.82, 2.24) is 15.1 Å². The Morgan fingerprint density at radius 3 is 2.48 bits per heavy atom. The third kappa shape index (κ3) is 3.10. The predicted molar refractivity (Wildman–Crippen MR) is 89.6 cm³/mol. The number of aromatic nitrogens is 2. The van der Waals surface area contributed by atoms with Gasteiger partial charge in [-0.25, -0.2) is 5.10 Å². The number of nitrogens with zero attached hydrogens (tertiary/aromatic N) is 2. The Morgan fingerprint density at radius 1 is 1.13 bits per heavy atom. The molecule has 0 atom stereocenters. The van der Waals surface area contributed by atoms with Gasteiger partial charge in [0.15, 0.2) is 5.69 Å². The molecular weight excluding hydrogens is 314 g/mol. The second-order valence-corrected chi connectivity index (χ2v) is 5.67. The maximum atomic E-state index is 12.7. The topological polar surface area (TPSA) is 66.1 Å². The van der Waals surface area contributed by atoms with Gasteiger partial charge in [-0.15, -0.1) is 0 Å². The number of aromatic amines is 1. The van der Waals surface area contributed by atoms with E-state index < -0.39 is 0 Å². The van der Waals surface area contributed by atoms with Gasteiger partial charge in [-0.1, -0.05) is 41.9 Å². The monoisotopic (exact) mass is 327 g/mol. The van der Waals surface area contributed by atoms with Crippen molar-refractivity contribution in [3.63, 3.8) is 0 Å². The molecule has 3 rings (SSSR count). The second-order valence-electron chi connectivity index (χ2n) is 5.23. The summed E-state index contributed by atoms with van der Waals surface area (Å²) in [5, 5.41) is 7.96. The number of nitrogens with one attached hydrogen (secondary N) is 1. The average Bonchev–Trinajstić information content (AvgIpc) is 2.57. The van der Waals surface area contributed by atoms with E-state index in [0.29, 0.717) is 22.3 Å². The van der Waals surface area contributed by atoms with Crippen LogP contribution in [0.4, 0.5) is 0 Å². The lowest BCUT2D eigenvalue weighted by Gasteiger charge is -2.17. The molecule has 1 heterocycles. The van der Waals surface area contributed by atoms with E-state index in [0.717, 1.165) is 5.56 Å². The maximum Gasteiger partial charge on any atom is 0.274 e. The molecule has 0 bridgehead atoms. The molecule has 1 N–H and O–H groups in total. The molecule has 3 aromatic rings. The van der Waals surface area contributed by atoms with Gasteiger partial charge in [-0.3, -0.25) is 9.59 Å². The van der Waals surface area contributed by atoms with Gasteiger partial charge in [-0.2, -0.15) is 5.10 Å². The Labute approximate surface area is 137 Å². The lowest BCUT2D eigenvalue weighted by molar-refractivity contribution is 0.0780. The Hall–Kier alpha value is -2.66. The first kappa shape index (κ1) is 15.2. The third-order valence-corrected chi connectivity index (χ3v) is 3.83. The summed E-state index contributed by atoms with van der Waals surface area (Å²) < 4.78 is 0. The van der Waals surface area contributed by atoms with E-state index >= 15 is 0 Å². The number of benzene rings is 2. The van der Waals surface area contributed by atoms with Crippen LogP contribution in [0.25, 0.3) is 10.8 Å². The molecule has 1 amide bonds. The minimum absolute atomic E-state index is 0.233. The number of carbonyl (C=O) groups excluding carboxylic acids is 1. The quantitative estimate of drug-likeness (QED) is 0.804. The second kappa shape index (κ2) is 6.22. The van der Waals surface area contributed by atoms with Crippen molar-refractivity contribution in [2.75, 3.05) is 7.05 Å². The number of hydrogen-bond acceptors (Lipinski definition) is 3. The van der Waals surface area contributed by atoms with Gasteiger partial charge in [-0.05, 0) is 23.8 Å². The van der Waals surface area contributed by atoms with E-state index in [2.05, 4.69) is 10.2 Å². The fourth-order valence-electron chi connectivity index (χ4n) is 2.39. The summed E-state index contributed by atoms with van der Waals surface area (Å²) >= 11 is 5.86. The lowest BCUT2D eigenvalue weighted by Crippen LogP contribution is -2.28. The van der Waals surface area contributed by atoms with Crippen LogP contribution in [0.5, 0.6) is 0 Å². The molecule has 0 radical (unpaired) electrons. The van der Waals surface area contributed by atoms with E-state index in [9.17, 15) is 9.59 Å². The predicted octanol–water partition coefficient (Wildman–Crippen LogP) is 2.85. The normalized spacial score (nSPS) is 10.7. The highest BCUT2D eigenvalue weighted by atomic mass is 35.5. The van der Waals surface area contributed by atoms with E-state index in [1.165, 1.54) is 0 Å². The van der Waals surface area contributed by atoms with Crippen LogP contribution in [0.2, 0.25) is 5.02 Å². The standard InChI is InChI=1S/C17H14ClN3O2/c1-21(10-11-6-8-12(18)9-7-11)17(23)15-13-4-2-3-5-14(13)16(22)20-19-15/h2-9H,10H2,1H3,(H,20,22). The molecule has 23 heavy (non-hydrogen) atoms. The van der Waals surface area contributed by atoms with Crippen LogP contribution in [0, 0.1) is 0 Å². The molecule has 2 aromatic carbocycles. The third-order valence-electron chi connectivity index (χ3n) is 3.58. The molecule has 0 saturated heterocycles. The summed E-state index contributed by atoms with van der Waals surface area (Å²) in [4.78, 5) is 26.0. The highest BCUT2D eigenvalue weighted by Gasteiger charge is 2.18. The number of H-pyrrole nitrogens is 1. The number of amides is 1. The first-order valence-corrected chi connectivity index (χ1v) is 7.41. The summed E-state index contributed by atoms with van der Waals surface area (Å²) in [7, 11) is 1.69. The van der Waals surface area contributed by atoms with Gasteiger partial charge in [0.05, 0.1) is 5.39 Å². The fraction of sp³-hybridized carbons (Fsp3) is 0.118. The van der Waals surface area contributed by atoms with Gasteiger partial charge in [0.2, 0.25) is 0 Å². The van der Waals surface area contributed by atoms with Crippen molar-refractivity contribution in [3.05, 3.63) is 75.2 Å². The zero-order valence-electron chi connectivity index (χ0n) is 12.4. The molecule has 6 heteroatoms. The summed E-state index contributed by atoms with van der Waals surface area (Å²) in [5.74, 6) is -0.257. The highest BCUT2D eigenvalue weighted by molar-refractivity contribution is 6.30. The van der Waals surface area contributed by atoms with Gasteiger partial charge < -0.3 is 4.90 Å². The van der Waals surface area contributed by atoms with E-state index in [-0.39, 0.29) is 17.2 Å². The van der Waals surface area contributed by atoms with Crippen molar-refractivity contribution in [2.24, 2.45) is 0 Å². The van der Waals surface area contributed by atoms with Gasteiger partial charge in [0.1, 0.15) is 0 Å². The van der Waals surface area contributed by atoms with Crippen LogP contribution < -0.4 is 5.56 Å². The molecule has 0 saturated carbocycles. The zero-order valence-corrected chi connectivity index (χ0v) is 13.2. The fourth-order valence-corrected chi connectivity index (χ4v) is 2.52. The van der Waals surface area contributed by atoms with Crippen molar-refractivity contribution >= 4 is 28.3 Å². The Kier molecular flexibility index (Phi) is 4.12. The Bertz CT molecular complexity index is 919. The molecule has 0 fully saturated rings. The zero-order chi connectivity index (χ0) is 16.4. The van der Waals surface area contributed by atoms with Crippen molar-refractivity contribution < 1.29 is 4.79 Å². The minimum Gasteiger partial charge on any atom is -0.336 e. The first-order valence-electron chi connectivity index (χ1n) is 7.03. The van der Waals surface area contributed by atoms with Crippen LogP contribution in [0.3, 0.4) is 0 Å². The molecule has 0 spiro atoms. The minimum atomic E-state index is -0.308. The smallest absolute Gasteiger partial charge is 0.274 e. The van der Waals surface area contributed by atoms with Gasteiger partial charge >= 0.3 is 0 Å². The van der Waals surface area contributed by atoms with Crippen molar-refractivity contribution in [2.45, 2.75) is 6.54 Å². The van der Waals surface area contributed by atoms with E-state index in [4.69, 9.17) is 11.6 Å². The number of hydrogen-bond donors (Lipinski definition) is 1. The molecule has 0 aliphatic heterocycles. The Balaban J connectivity index is 1.92. The van der Waals surface area contributed by atoms with Crippen LogP contribution in [0.15, 0.2) is 53.3 Å². The number of fused-ring (bicyclic) bond motifs is 1. The number of rotatable bonds is 3. The average molecular weight is 328 g/mol. The lowest BCUT2D eigenvalue weighted by atomic mass is 10.1. The largest absolute Gasteiger partial charge is 0.336 e. The SMILES string of the molecule is CN(Cc1ccc(Cl)cc1)C(=O)c1n[nH]c(=O)c2ccccc12. The van der Waals surface area contributed by atoms with Crippen molar-refractivity contribution in [3.8, 4) is 0 Å². The maximum absolute atomic E-state index is 12.7. The first-order chi connectivity index (χ1) is 11.1. The Morgan fingerprint density at radius 2 is 1.78 bits per heavy atom. The van der Waals surface area contributed by atoms with Crippen LogP contribution in [0.1, 0.15) is 16.1 Å². The molecule has 0 aliphatic rings. The molecule has 5 nitrogen and oxygen atoms in total. The summed E-state index contributed by atoms with van der Waals surface area (Å²) in [6.45, 7) is 0.422. The van der Waals surface area contributed by atoms with E-state index in [1.807, 2.05) is 12.1 Å². The summed E-state index contributed by atoms with van der Waals surface area (Å²) in [6, 6.07) is 14.2. The van der Waals surface area contributed by atoms with Crippen LogP contribution in [-0.2, 0) is 6.54 Å². The number of carbonyl (C=O) groups is 1. The molecule has 0 unspecified atom stereocenters. The van der Waals surface area contributed by atoms with Crippen molar-refractivity contribution in [1.29, 1.82) is 0 Å². The molecular formula is C17H14ClN3O2. The van der Waals surface area contributed by atoms with Gasteiger partial charge in [0, 0.05) is 24.0 Å².